The van der Waals surface area contributed by atoms with E-state index in [0.717, 1.165) is 23.1 Å². The van der Waals surface area contributed by atoms with Gasteiger partial charge in [0.1, 0.15) is 0 Å². The normalized spacial score (nSPS) is 12.1. The molecule has 1 amide bonds. The van der Waals surface area contributed by atoms with E-state index < -0.39 is 0 Å². The quantitative estimate of drug-likeness (QED) is 0.730. The molecule has 0 aliphatic heterocycles. The van der Waals surface area contributed by atoms with E-state index in [1.807, 2.05) is 43.3 Å². The third-order valence-electron chi connectivity index (χ3n) is 4.26. The first kappa shape index (κ1) is 15.3. The van der Waals surface area contributed by atoms with E-state index in [-0.39, 0.29) is 11.9 Å². The van der Waals surface area contributed by atoms with Gasteiger partial charge in [0, 0.05) is 5.56 Å². The summed E-state index contributed by atoms with van der Waals surface area (Å²) < 4.78 is 0. The van der Waals surface area contributed by atoms with Crippen LogP contribution in [0.2, 0.25) is 0 Å². The molecule has 3 aromatic rings. The third-order valence-corrected chi connectivity index (χ3v) is 4.26. The van der Waals surface area contributed by atoms with Gasteiger partial charge in [0.15, 0.2) is 0 Å². The van der Waals surface area contributed by atoms with Crippen LogP contribution in [0.3, 0.4) is 0 Å². The average Bonchev–Trinajstić information content (AvgIpc) is 2.61. The second-order valence-electron chi connectivity index (χ2n) is 5.81. The van der Waals surface area contributed by atoms with Crippen LogP contribution in [-0.2, 0) is 6.42 Å². The molecule has 0 aromatic heterocycles. The molecule has 23 heavy (non-hydrogen) atoms. The zero-order valence-corrected chi connectivity index (χ0v) is 13.5. The molecular weight excluding hydrogens is 282 g/mol. The number of nitrogens with one attached hydrogen (secondary N) is 1. The fourth-order valence-electron chi connectivity index (χ4n) is 2.88. The molecule has 0 radical (unpaired) electrons. The lowest BCUT2D eigenvalue weighted by molar-refractivity contribution is 0.0939. The van der Waals surface area contributed by atoms with Crippen molar-refractivity contribution in [3.05, 3.63) is 83.4 Å². The van der Waals surface area contributed by atoms with Gasteiger partial charge in [-0.05, 0) is 47.4 Å². The molecule has 0 aliphatic rings. The molecule has 3 rings (SSSR count). The Morgan fingerprint density at radius 3 is 2.43 bits per heavy atom. The molecule has 2 nitrogen and oxygen atoms in total. The highest BCUT2D eigenvalue weighted by Gasteiger charge is 2.14. The first-order valence-electron chi connectivity index (χ1n) is 8.06. The SMILES string of the molecule is CCc1ccccc1C(=O)N[C@H](C)c1ccc2ccccc2c1. The average molecular weight is 303 g/mol. The Balaban J connectivity index is 1.82. The molecule has 116 valence electrons. The van der Waals surface area contributed by atoms with Crippen molar-refractivity contribution in [2.45, 2.75) is 26.3 Å². The molecular formula is C21H21NO. The summed E-state index contributed by atoms with van der Waals surface area (Å²) >= 11 is 0. The maximum Gasteiger partial charge on any atom is 0.252 e. The summed E-state index contributed by atoms with van der Waals surface area (Å²) in [5, 5.41) is 5.52. The van der Waals surface area contributed by atoms with Crippen LogP contribution in [0.25, 0.3) is 10.8 Å². The fourth-order valence-corrected chi connectivity index (χ4v) is 2.88. The van der Waals surface area contributed by atoms with Gasteiger partial charge in [0.2, 0.25) is 0 Å². The van der Waals surface area contributed by atoms with Crippen LogP contribution in [0, 0.1) is 0 Å². The second kappa shape index (κ2) is 6.66. The standard InChI is InChI=1S/C21H21NO/c1-3-16-8-6-7-11-20(16)21(23)22-15(2)18-13-12-17-9-4-5-10-19(17)14-18/h4-15H,3H2,1-2H3,(H,22,23)/t15-/m1/s1. The Morgan fingerprint density at radius 1 is 0.957 bits per heavy atom. The van der Waals surface area contributed by atoms with Crippen molar-refractivity contribution in [3.63, 3.8) is 0 Å². The van der Waals surface area contributed by atoms with Crippen molar-refractivity contribution in [2.75, 3.05) is 0 Å². The van der Waals surface area contributed by atoms with Crippen LogP contribution < -0.4 is 5.32 Å². The molecule has 1 N–H and O–H groups in total. The lowest BCUT2D eigenvalue weighted by Gasteiger charge is -2.16. The molecule has 0 spiro atoms. The number of hydrogen-bond acceptors (Lipinski definition) is 1. The maximum absolute atomic E-state index is 12.6. The van der Waals surface area contributed by atoms with Crippen molar-refractivity contribution >= 4 is 16.7 Å². The molecule has 0 heterocycles. The summed E-state index contributed by atoms with van der Waals surface area (Å²) in [7, 11) is 0. The van der Waals surface area contributed by atoms with Gasteiger partial charge >= 0.3 is 0 Å². The van der Waals surface area contributed by atoms with Crippen molar-refractivity contribution in [2.24, 2.45) is 0 Å². The van der Waals surface area contributed by atoms with E-state index in [1.54, 1.807) is 0 Å². The lowest BCUT2D eigenvalue weighted by atomic mass is 10.0. The van der Waals surface area contributed by atoms with Gasteiger partial charge in [-0.15, -0.1) is 0 Å². The largest absolute Gasteiger partial charge is 0.346 e. The van der Waals surface area contributed by atoms with Gasteiger partial charge in [-0.2, -0.15) is 0 Å². The number of carbonyl (C=O) groups is 1. The fraction of sp³-hybridized carbons (Fsp3) is 0.190. The highest BCUT2D eigenvalue weighted by Crippen LogP contribution is 2.21. The first-order chi connectivity index (χ1) is 11.2. The monoisotopic (exact) mass is 303 g/mol. The first-order valence-corrected chi connectivity index (χ1v) is 8.06. The second-order valence-corrected chi connectivity index (χ2v) is 5.81. The van der Waals surface area contributed by atoms with Gasteiger partial charge < -0.3 is 5.32 Å². The zero-order valence-electron chi connectivity index (χ0n) is 13.5. The Kier molecular flexibility index (Phi) is 4.42. The van der Waals surface area contributed by atoms with E-state index in [2.05, 4.69) is 42.6 Å². The van der Waals surface area contributed by atoms with Gasteiger partial charge in [-0.1, -0.05) is 61.5 Å². The minimum atomic E-state index is -0.0305. The van der Waals surface area contributed by atoms with E-state index in [1.165, 1.54) is 10.8 Å². The number of amides is 1. The number of aryl methyl sites for hydroxylation is 1. The minimum absolute atomic E-state index is 0.0110. The van der Waals surface area contributed by atoms with Crippen LogP contribution in [0.1, 0.15) is 41.4 Å². The Hall–Kier alpha value is -2.61. The minimum Gasteiger partial charge on any atom is -0.346 e. The van der Waals surface area contributed by atoms with Crippen LogP contribution in [0.4, 0.5) is 0 Å². The zero-order chi connectivity index (χ0) is 16.2. The van der Waals surface area contributed by atoms with E-state index in [4.69, 9.17) is 0 Å². The molecule has 0 unspecified atom stereocenters. The Bertz CT molecular complexity index is 838. The predicted octanol–water partition coefficient (Wildman–Crippen LogP) is 4.89. The molecule has 0 saturated heterocycles. The molecule has 3 aromatic carbocycles. The van der Waals surface area contributed by atoms with Crippen molar-refractivity contribution in [1.29, 1.82) is 0 Å². The van der Waals surface area contributed by atoms with Crippen LogP contribution in [0.5, 0.6) is 0 Å². The van der Waals surface area contributed by atoms with Crippen LogP contribution in [0.15, 0.2) is 66.7 Å². The lowest BCUT2D eigenvalue weighted by Crippen LogP contribution is -2.27. The summed E-state index contributed by atoms with van der Waals surface area (Å²) in [6, 6.07) is 22.4. The highest BCUT2D eigenvalue weighted by molar-refractivity contribution is 5.96. The molecule has 0 fully saturated rings. The van der Waals surface area contributed by atoms with Crippen molar-refractivity contribution in [3.8, 4) is 0 Å². The van der Waals surface area contributed by atoms with E-state index >= 15 is 0 Å². The number of fused-ring (bicyclic) bond motifs is 1. The molecule has 0 saturated carbocycles. The Morgan fingerprint density at radius 2 is 1.65 bits per heavy atom. The number of hydrogen-bond donors (Lipinski definition) is 1. The van der Waals surface area contributed by atoms with Gasteiger partial charge in [0.05, 0.1) is 6.04 Å². The molecule has 0 aliphatic carbocycles. The molecule has 2 heteroatoms. The van der Waals surface area contributed by atoms with Crippen LogP contribution >= 0.6 is 0 Å². The van der Waals surface area contributed by atoms with E-state index in [9.17, 15) is 4.79 Å². The summed E-state index contributed by atoms with van der Waals surface area (Å²) in [5.74, 6) is -0.0110. The summed E-state index contributed by atoms with van der Waals surface area (Å²) in [6.07, 6.45) is 0.855. The summed E-state index contributed by atoms with van der Waals surface area (Å²) in [5.41, 5.74) is 2.96. The summed E-state index contributed by atoms with van der Waals surface area (Å²) in [4.78, 5) is 12.6. The number of rotatable bonds is 4. The van der Waals surface area contributed by atoms with Gasteiger partial charge in [-0.3, -0.25) is 4.79 Å². The van der Waals surface area contributed by atoms with Gasteiger partial charge in [-0.25, -0.2) is 0 Å². The van der Waals surface area contributed by atoms with Crippen LogP contribution in [-0.4, -0.2) is 5.91 Å². The number of benzene rings is 3. The predicted molar refractivity (Wildman–Crippen MR) is 95.6 cm³/mol. The number of carbonyl (C=O) groups excluding carboxylic acids is 1. The van der Waals surface area contributed by atoms with Gasteiger partial charge in [0.25, 0.3) is 5.91 Å². The maximum atomic E-state index is 12.6. The molecule has 0 bridgehead atoms. The topological polar surface area (TPSA) is 29.1 Å². The summed E-state index contributed by atoms with van der Waals surface area (Å²) in [6.45, 7) is 4.09. The van der Waals surface area contributed by atoms with Crippen molar-refractivity contribution in [1.82, 2.24) is 5.32 Å². The Labute approximate surface area is 137 Å². The highest BCUT2D eigenvalue weighted by atomic mass is 16.1. The van der Waals surface area contributed by atoms with Crippen molar-refractivity contribution < 1.29 is 4.79 Å². The third kappa shape index (κ3) is 3.26. The molecule has 1 atom stereocenters. The van der Waals surface area contributed by atoms with E-state index in [0.29, 0.717) is 0 Å². The smallest absolute Gasteiger partial charge is 0.252 e.